The molecule has 178 valence electrons. The Labute approximate surface area is 199 Å². The number of piperidine rings is 1. The van der Waals surface area contributed by atoms with Gasteiger partial charge in [0.1, 0.15) is 5.82 Å². The zero-order valence-electron chi connectivity index (χ0n) is 20.0. The Morgan fingerprint density at radius 1 is 1.15 bits per heavy atom. The zero-order chi connectivity index (χ0) is 23.2. The number of benzene rings is 1. The fourth-order valence-corrected chi connectivity index (χ4v) is 6.11. The first kappa shape index (κ1) is 21.7. The van der Waals surface area contributed by atoms with Crippen LogP contribution in [0.1, 0.15) is 56.1 Å². The number of likely N-dealkylation sites (tertiary alicyclic amines) is 1. The lowest BCUT2D eigenvalue weighted by atomic mass is 9.86. The van der Waals surface area contributed by atoms with Crippen molar-refractivity contribution >= 4 is 21.9 Å². The summed E-state index contributed by atoms with van der Waals surface area (Å²) in [6.45, 7) is 10.00. The van der Waals surface area contributed by atoms with Crippen molar-refractivity contribution in [2.75, 3.05) is 32.7 Å². The molecule has 0 saturated carbocycles. The van der Waals surface area contributed by atoms with E-state index in [-0.39, 0.29) is 11.7 Å². The zero-order valence-corrected chi connectivity index (χ0v) is 20.0. The van der Waals surface area contributed by atoms with Crippen molar-refractivity contribution in [3.8, 4) is 11.3 Å². The summed E-state index contributed by atoms with van der Waals surface area (Å²) in [6, 6.07) is 5.86. The van der Waals surface area contributed by atoms with Gasteiger partial charge in [0, 0.05) is 34.6 Å². The van der Waals surface area contributed by atoms with Crippen LogP contribution < -0.4 is 5.32 Å². The van der Waals surface area contributed by atoms with E-state index >= 15 is 4.39 Å². The van der Waals surface area contributed by atoms with Gasteiger partial charge < -0.3 is 15.2 Å². The summed E-state index contributed by atoms with van der Waals surface area (Å²) in [6.07, 6.45) is 6.94. The van der Waals surface area contributed by atoms with Crippen molar-refractivity contribution in [3.63, 3.8) is 0 Å². The van der Waals surface area contributed by atoms with E-state index in [4.69, 9.17) is 0 Å². The summed E-state index contributed by atoms with van der Waals surface area (Å²) in [5, 5.41) is 12.7. The number of H-pyrrole nitrogens is 2. The Hall–Kier alpha value is -2.77. The first-order valence-electron chi connectivity index (χ1n) is 12.6. The number of hydrogen-bond donors (Lipinski definition) is 3. The summed E-state index contributed by atoms with van der Waals surface area (Å²) < 4.78 is 15.4. The molecule has 3 N–H and O–H groups in total. The monoisotopic (exact) mass is 460 g/mol. The van der Waals surface area contributed by atoms with Gasteiger partial charge in [-0.1, -0.05) is 13.8 Å². The summed E-state index contributed by atoms with van der Waals surface area (Å²) in [5.74, 6) is 1.25. The lowest BCUT2D eigenvalue weighted by Gasteiger charge is -2.33. The topological polar surface area (TPSA) is 72.6 Å². The molecule has 0 aliphatic carbocycles. The Balaban J connectivity index is 1.34. The number of aromatic nitrogens is 4. The quantitative estimate of drug-likeness (QED) is 0.385. The van der Waals surface area contributed by atoms with Crippen molar-refractivity contribution in [1.29, 1.82) is 0 Å². The molecule has 5 heterocycles. The van der Waals surface area contributed by atoms with E-state index in [1.165, 1.54) is 18.5 Å². The molecule has 1 unspecified atom stereocenters. The molecule has 0 amide bonds. The van der Waals surface area contributed by atoms with Gasteiger partial charge in [0.05, 0.1) is 11.9 Å². The van der Waals surface area contributed by atoms with Crippen molar-refractivity contribution in [1.82, 2.24) is 30.4 Å². The van der Waals surface area contributed by atoms with Gasteiger partial charge in [0.15, 0.2) is 5.65 Å². The molecule has 2 fully saturated rings. The fraction of sp³-hybridized carbons (Fsp3) is 0.481. The van der Waals surface area contributed by atoms with Crippen LogP contribution in [0.5, 0.6) is 0 Å². The van der Waals surface area contributed by atoms with Crippen molar-refractivity contribution in [2.24, 2.45) is 5.92 Å². The van der Waals surface area contributed by atoms with E-state index in [9.17, 15) is 0 Å². The highest BCUT2D eigenvalue weighted by atomic mass is 19.1. The Bertz CT molecular complexity index is 1310. The Kier molecular flexibility index (Phi) is 5.62. The molecule has 4 aromatic rings. The van der Waals surface area contributed by atoms with E-state index in [0.29, 0.717) is 5.92 Å². The van der Waals surface area contributed by atoms with E-state index in [2.05, 4.69) is 50.3 Å². The van der Waals surface area contributed by atoms with Crippen molar-refractivity contribution in [3.05, 3.63) is 47.5 Å². The summed E-state index contributed by atoms with van der Waals surface area (Å²) in [7, 11) is 0. The van der Waals surface area contributed by atoms with Gasteiger partial charge in [-0.15, -0.1) is 0 Å². The van der Waals surface area contributed by atoms with Crippen LogP contribution in [0.4, 0.5) is 4.39 Å². The summed E-state index contributed by atoms with van der Waals surface area (Å²) in [5.41, 5.74) is 5.82. The molecule has 0 bridgehead atoms. The standard InChI is InChI=1S/C27H33FN6/c1-16(2)25-21-11-20(18-5-9-34(10-6-18)15-17-3-7-29-13-17)23(28)12-24(21)32-26(25)19-4-8-30-27-22(19)14-31-33-27/h4,8,11-12,14,16-18,29,32H,3,5-7,9-10,13,15H2,1-2H3,(H,30,31,33). The van der Waals surface area contributed by atoms with E-state index in [1.54, 1.807) is 12.3 Å². The summed E-state index contributed by atoms with van der Waals surface area (Å²) >= 11 is 0. The van der Waals surface area contributed by atoms with E-state index in [0.717, 1.165) is 83.7 Å². The average molecular weight is 461 g/mol. The molecule has 34 heavy (non-hydrogen) atoms. The molecule has 2 aliphatic heterocycles. The minimum Gasteiger partial charge on any atom is -0.354 e. The molecule has 2 aliphatic rings. The number of rotatable bonds is 5. The van der Waals surface area contributed by atoms with Crippen LogP contribution in [-0.4, -0.2) is 57.8 Å². The number of fused-ring (bicyclic) bond motifs is 2. The van der Waals surface area contributed by atoms with Crippen molar-refractivity contribution < 1.29 is 4.39 Å². The smallest absolute Gasteiger partial charge is 0.155 e. The van der Waals surface area contributed by atoms with Gasteiger partial charge in [-0.05, 0) is 92.5 Å². The molecule has 6 rings (SSSR count). The number of nitrogens with zero attached hydrogens (tertiary/aromatic N) is 3. The predicted molar refractivity (Wildman–Crippen MR) is 135 cm³/mol. The third-order valence-electron chi connectivity index (χ3n) is 7.86. The number of pyridine rings is 1. The highest BCUT2D eigenvalue weighted by molar-refractivity contribution is 5.98. The third-order valence-corrected chi connectivity index (χ3v) is 7.86. The first-order chi connectivity index (χ1) is 16.6. The van der Waals surface area contributed by atoms with Crippen LogP contribution in [0.2, 0.25) is 0 Å². The molecule has 1 atom stereocenters. The van der Waals surface area contributed by atoms with Crippen LogP contribution >= 0.6 is 0 Å². The molecule has 1 aromatic carbocycles. The van der Waals surface area contributed by atoms with E-state index in [1.807, 2.05) is 12.3 Å². The second-order valence-electron chi connectivity index (χ2n) is 10.4. The average Bonchev–Trinajstić information content (AvgIpc) is 3.58. The van der Waals surface area contributed by atoms with E-state index < -0.39 is 0 Å². The maximum Gasteiger partial charge on any atom is 0.155 e. The highest BCUT2D eigenvalue weighted by Gasteiger charge is 2.27. The number of halogens is 1. The van der Waals surface area contributed by atoms with Gasteiger partial charge in [-0.3, -0.25) is 5.10 Å². The fourth-order valence-electron chi connectivity index (χ4n) is 6.11. The van der Waals surface area contributed by atoms with Crippen LogP contribution in [0.15, 0.2) is 30.6 Å². The largest absolute Gasteiger partial charge is 0.354 e. The van der Waals surface area contributed by atoms with Gasteiger partial charge in [-0.2, -0.15) is 5.10 Å². The second-order valence-corrected chi connectivity index (χ2v) is 10.4. The molecule has 6 nitrogen and oxygen atoms in total. The molecule has 0 spiro atoms. The summed E-state index contributed by atoms with van der Waals surface area (Å²) in [4.78, 5) is 10.5. The lowest BCUT2D eigenvalue weighted by molar-refractivity contribution is 0.186. The maximum absolute atomic E-state index is 15.4. The van der Waals surface area contributed by atoms with Gasteiger partial charge in [0.2, 0.25) is 0 Å². The molecule has 7 heteroatoms. The van der Waals surface area contributed by atoms with Crippen molar-refractivity contribution in [2.45, 2.75) is 44.9 Å². The molecular weight excluding hydrogens is 427 g/mol. The Morgan fingerprint density at radius 3 is 2.76 bits per heavy atom. The van der Waals surface area contributed by atoms with Crippen LogP contribution in [0, 0.1) is 11.7 Å². The maximum atomic E-state index is 15.4. The van der Waals surface area contributed by atoms with Gasteiger partial charge in [-0.25, -0.2) is 9.37 Å². The van der Waals surface area contributed by atoms with Crippen LogP contribution in [-0.2, 0) is 0 Å². The minimum atomic E-state index is -0.0859. The van der Waals surface area contributed by atoms with Crippen LogP contribution in [0.25, 0.3) is 33.2 Å². The minimum absolute atomic E-state index is 0.0859. The molecular formula is C27H33FN6. The molecule has 0 radical (unpaired) electrons. The Morgan fingerprint density at radius 2 is 2.00 bits per heavy atom. The van der Waals surface area contributed by atoms with Gasteiger partial charge in [0.25, 0.3) is 0 Å². The number of aromatic amines is 2. The second kappa shape index (κ2) is 8.78. The predicted octanol–water partition coefficient (Wildman–Crippen LogP) is 5.16. The molecule has 2 saturated heterocycles. The normalized spacial score (nSPS) is 20.3. The highest BCUT2D eigenvalue weighted by Crippen LogP contribution is 2.40. The number of hydrogen-bond acceptors (Lipinski definition) is 4. The third kappa shape index (κ3) is 3.81. The lowest BCUT2D eigenvalue weighted by Crippen LogP contribution is -2.37. The van der Waals surface area contributed by atoms with Gasteiger partial charge >= 0.3 is 0 Å². The molecule has 3 aromatic heterocycles. The first-order valence-corrected chi connectivity index (χ1v) is 12.6. The SMILES string of the molecule is CC(C)c1c(-c2ccnc3[nH]ncc23)[nH]c2cc(F)c(C3CCN(CC4CCNC4)CC3)cc12. The number of nitrogens with one attached hydrogen (secondary N) is 3. The van der Waals surface area contributed by atoms with Crippen LogP contribution in [0.3, 0.4) is 0 Å².